The molecule has 0 aromatic carbocycles. The van der Waals surface area contributed by atoms with Crippen molar-refractivity contribution in [1.82, 2.24) is 9.55 Å². The molecule has 9 atom stereocenters. The van der Waals surface area contributed by atoms with E-state index in [1.807, 2.05) is 18.2 Å². The molecule has 0 aliphatic carbocycles. The number of aromatic nitrogens is 2. The molecule has 1 aromatic rings. The number of carbonyl (C=O) groups excluding carboxylic acids is 2. The highest BCUT2D eigenvalue weighted by atomic mass is 31.3. The van der Waals surface area contributed by atoms with E-state index >= 15 is 0 Å². The molecule has 0 amide bonds. The van der Waals surface area contributed by atoms with Crippen LogP contribution in [0.4, 0.5) is 5.82 Å². The smallest absolute Gasteiger partial charge is 0.462 e. The summed E-state index contributed by atoms with van der Waals surface area (Å²) in [6.07, 6.45) is 49.0. The first-order chi connectivity index (χ1) is 37.1. The zero-order chi connectivity index (χ0) is 56.0. The maximum absolute atomic E-state index is 12.9. The number of esters is 2. The van der Waals surface area contributed by atoms with Gasteiger partial charge in [-0.3, -0.25) is 23.2 Å². The van der Waals surface area contributed by atoms with Crippen LogP contribution in [0.1, 0.15) is 136 Å². The van der Waals surface area contributed by atoms with Crippen LogP contribution in [0.25, 0.3) is 0 Å². The lowest BCUT2D eigenvalue weighted by molar-refractivity contribution is -0.161. The minimum atomic E-state index is -5.46. The Bertz CT molecular complexity index is 2340. The standard InChI is InChI=1S/C56H83N3O16P2/c1-3-5-7-8-9-10-11-12-13-14-15-16-17-18-22-25-28-31-35-39-51(60)69-43-46(72-52(61)40-36-32-29-26-23-20-19-21-24-27-30-34-38-48-47(73-48)37-33-6-4-2)44-70-76(65,66)75-77(67,68)71-45-49-53(62)54(63)55(74-49)59-42-41-50(57)58-56(59)64/h5-7,9-10,12-13,15-16,18,20-24,29-30,32-34,41-42,46-49,53-55,62-63H,3-4,8,11,14,17,19,25-28,31,35-40,43-45H2,1-2H3,(H,65,66)(H,67,68)(H2,57,58,64)/b7-5-,10-9-,13-12-,16-15-,22-18-,23-20-,24-21-,32-29-,33-6-,34-30-/t46-,47?,48?,49-,53-,54-,55-/m1/s1. The third-order valence-electron chi connectivity index (χ3n) is 11.5. The van der Waals surface area contributed by atoms with Crippen molar-refractivity contribution in [1.29, 1.82) is 0 Å². The van der Waals surface area contributed by atoms with Crippen molar-refractivity contribution in [3.8, 4) is 0 Å². The largest absolute Gasteiger partial charge is 0.481 e. The summed E-state index contributed by atoms with van der Waals surface area (Å²) in [5.41, 5.74) is 4.58. The number of epoxide rings is 1. The van der Waals surface area contributed by atoms with E-state index in [4.69, 9.17) is 33.7 Å². The summed E-state index contributed by atoms with van der Waals surface area (Å²) in [6.45, 7) is 1.81. The van der Waals surface area contributed by atoms with Crippen LogP contribution in [0.5, 0.6) is 0 Å². The molecule has 19 nitrogen and oxygen atoms in total. The van der Waals surface area contributed by atoms with Crippen LogP contribution in [0, 0.1) is 0 Å². The van der Waals surface area contributed by atoms with Gasteiger partial charge in [-0.05, 0) is 102 Å². The summed E-state index contributed by atoms with van der Waals surface area (Å²) in [5.74, 6) is -1.46. The average Bonchev–Trinajstić information content (AvgIpc) is 4.09. The van der Waals surface area contributed by atoms with Crippen LogP contribution < -0.4 is 11.4 Å². The molecule has 0 radical (unpaired) electrons. The number of nitrogens with zero attached hydrogens (tertiary/aromatic N) is 2. The van der Waals surface area contributed by atoms with Gasteiger partial charge in [0.1, 0.15) is 30.7 Å². The van der Waals surface area contributed by atoms with E-state index in [-0.39, 0.29) is 18.7 Å². The maximum Gasteiger partial charge on any atom is 0.481 e. The summed E-state index contributed by atoms with van der Waals surface area (Å²) in [6, 6.07) is 1.24. The van der Waals surface area contributed by atoms with Gasteiger partial charge < -0.3 is 44.7 Å². The van der Waals surface area contributed by atoms with Crippen molar-refractivity contribution >= 4 is 33.4 Å². The van der Waals surface area contributed by atoms with Crippen molar-refractivity contribution in [2.45, 2.75) is 172 Å². The Balaban J connectivity index is 1.42. The molecule has 428 valence electrons. The third-order valence-corrected chi connectivity index (χ3v) is 14.1. The Hall–Kier alpha value is -4.88. The Labute approximate surface area is 454 Å². The maximum atomic E-state index is 12.9. The number of nitrogens with two attached hydrogens (primary N) is 1. The number of hydrogen-bond acceptors (Lipinski definition) is 16. The first-order valence-corrected chi connectivity index (χ1v) is 29.7. The lowest BCUT2D eigenvalue weighted by Gasteiger charge is -2.21. The molecule has 1 aromatic heterocycles. The third kappa shape index (κ3) is 31.3. The summed E-state index contributed by atoms with van der Waals surface area (Å²) in [5, 5.41) is 20.9. The fourth-order valence-corrected chi connectivity index (χ4v) is 9.40. The van der Waals surface area contributed by atoms with Gasteiger partial charge in [0.2, 0.25) is 0 Å². The fourth-order valence-electron chi connectivity index (χ4n) is 7.29. The van der Waals surface area contributed by atoms with Gasteiger partial charge in [0.05, 0.1) is 25.4 Å². The molecule has 2 aliphatic rings. The quantitative estimate of drug-likeness (QED) is 0.0134. The van der Waals surface area contributed by atoms with E-state index in [0.29, 0.717) is 31.5 Å². The van der Waals surface area contributed by atoms with Gasteiger partial charge in [0, 0.05) is 19.0 Å². The van der Waals surface area contributed by atoms with Crippen LogP contribution in [-0.2, 0) is 51.0 Å². The van der Waals surface area contributed by atoms with Crippen LogP contribution in [0.3, 0.4) is 0 Å². The van der Waals surface area contributed by atoms with Crippen molar-refractivity contribution < 1.29 is 71.0 Å². The first-order valence-electron chi connectivity index (χ1n) is 26.7. The highest BCUT2D eigenvalue weighted by molar-refractivity contribution is 7.61. The van der Waals surface area contributed by atoms with Gasteiger partial charge >= 0.3 is 33.3 Å². The van der Waals surface area contributed by atoms with Gasteiger partial charge in [0.25, 0.3) is 0 Å². The Kier molecular flexibility index (Phi) is 34.0. The molecule has 0 bridgehead atoms. The predicted octanol–water partition coefficient (Wildman–Crippen LogP) is 10.5. The number of allylic oxidation sites excluding steroid dienone is 18. The molecule has 2 aliphatic heterocycles. The topological polar surface area (TPSA) is 278 Å². The second kappa shape index (κ2) is 39.5. The molecule has 6 N–H and O–H groups in total. The van der Waals surface area contributed by atoms with Crippen molar-refractivity contribution in [3.05, 3.63) is 144 Å². The minimum absolute atomic E-state index is 0.0617. The monoisotopic (exact) mass is 1120 g/mol. The second-order valence-corrected chi connectivity index (χ2v) is 21.0. The molecule has 3 heterocycles. The van der Waals surface area contributed by atoms with E-state index in [1.54, 1.807) is 6.08 Å². The van der Waals surface area contributed by atoms with Crippen molar-refractivity contribution in [2.24, 2.45) is 0 Å². The molecule has 0 saturated carbocycles. The molecule has 2 fully saturated rings. The summed E-state index contributed by atoms with van der Waals surface area (Å²) < 4.78 is 62.4. The normalized spacial score (nSPS) is 22.2. The molecule has 77 heavy (non-hydrogen) atoms. The van der Waals surface area contributed by atoms with Gasteiger partial charge in [-0.15, -0.1) is 0 Å². The van der Waals surface area contributed by atoms with Crippen molar-refractivity contribution in [3.63, 3.8) is 0 Å². The Morgan fingerprint density at radius 1 is 0.636 bits per heavy atom. The number of carbonyl (C=O) groups is 2. The Morgan fingerprint density at radius 2 is 1.14 bits per heavy atom. The molecule has 3 rings (SSSR count). The number of phosphoric ester groups is 2. The lowest BCUT2D eigenvalue weighted by atomic mass is 10.1. The van der Waals surface area contributed by atoms with E-state index in [0.717, 1.165) is 94.2 Å². The number of anilines is 1. The van der Waals surface area contributed by atoms with E-state index in [2.05, 4.69) is 120 Å². The zero-order valence-corrected chi connectivity index (χ0v) is 46.4. The number of ether oxygens (including phenoxy) is 4. The SMILES string of the molecule is CC/C=C\C/C=C\C/C=C\C/C=C\C/C=C\CCCCCC(=O)OC[C@H](COP(=O)(O)OP(=O)(O)OC[C@H]1O[C@@H](n2ccc(N)nc2=O)[C@H](O)[C@@H]1O)OC(=O)CC/C=C\C/C=C\C/C=C\C/C=C\CC1OC1C/C=C\CC. The van der Waals surface area contributed by atoms with Gasteiger partial charge in [-0.25, -0.2) is 13.9 Å². The van der Waals surface area contributed by atoms with E-state index in [1.165, 1.54) is 6.07 Å². The number of aliphatic hydroxyl groups is 2. The summed E-state index contributed by atoms with van der Waals surface area (Å²) in [7, 11) is -10.9. The van der Waals surface area contributed by atoms with E-state index in [9.17, 15) is 43.5 Å². The second-order valence-electron chi connectivity index (χ2n) is 18.0. The van der Waals surface area contributed by atoms with Crippen LogP contribution in [-0.4, -0.2) is 97.9 Å². The highest BCUT2D eigenvalue weighted by Crippen LogP contribution is 2.60. The Morgan fingerprint density at radius 3 is 1.71 bits per heavy atom. The first kappa shape index (κ1) is 66.4. The van der Waals surface area contributed by atoms with Gasteiger partial charge in [-0.1, -0.05) is 142 Å². The minimum Gasteiger partial charge on any atom is -0.462 e. The van der Waals surface area contributed by atoms with Crippen LogP contribution in [0.2, 0.25) is 0 Å². The summed E-state index contributed by atoms with van der Waals surface area (Å²) >= 11 is 0. The van der Waals surface area contributed by atoms with Gasteiger partial charge in [0.15, 0.2) is 12.3 Å². The fraction of sp³-hybridized carbons (Fsp3) is 0.536. The lowest BCUT2D eigenvalue weighted by Crippen LogP contribution is -2.36. The molecule has 2 saturated heterocycles. The van der Waals surface area contributed by atoms with Crippen molar-refractivity contribution in [2.75, 3.05) is 25.6 Å². The molecular weight excluding hydrogens is 1030 g/mol. The summed E-state index contributed by atoms with van der Waals surface area (Å²) in [4.78, 5) is 62.0. The number of rotatable bonds is 41. The molecule has 4 unspecified atom stereocenters. The molecular formula is C56H83N3O16P2. The van der Waals surface area contributed by atoms with E-state index < -0.39 is 83.7 Å². The number of phosphoric acid groups is 2. The van der Waals surface area contributed by atoms with Crippen LogP contribution >= 0.6 is 15.6 Å². The number of aliphatic hydroxyl groups excluding tert-OH is 2. The zero-order valence-electron chi connectivity index (χ0n) is 44.6. The average molecular weight is 1120 g/mol. The van der Waals surface area contributed by atoms with Crippen LogP contribution in [0.15, 0.2) is 139 Å². The predicted molar refractivity (Wildman–Crippen MR) is 297 cm³/mol. The molecule has 21 heteroatoms. The van der Waals surface area contributed by atoms with Gasteiger partial charge in [-0.2, -0.15) is 9.29 Å². The highest BCUT2D eigenvalue weighted by Gasteiger charge is 2.46. The molecule has 0 spiro atoms. The number of unbranched alkanes of at least 4 members (excludes halogenated alkanes) is 3. The number of nitrogen functional groups attached to an aromatic ring is 1. The number of hydrogen-bond donors (Lipinski definition) is 5.